The molecule has 0 N–H and O–H groups in total. The molecule has 8 nitrogen and oxygen atoms in total. The fourth-order valence-corrected chi connectivity index (χ4v) is 4.65. The number of carbonyl (C=O) groups excluding carboxylic acids is 2. The third-order valence-electron chi connectivity index (χ3n) is 5.16. The van der Waals surface area contributed by atoms with Crippen molar-refractivity contribution in [3.05, 3.63) is 103 Å². The van der Waals surface area contributed by atoms with Gasteiger partial charge < -0.3 is 9.47 Å². The monoisotopic (exact) mass is 554 g/mol. The number of imide groups is 1. The van der Waals surface area contributed by atoms with Gasteiger partial charge in [0.15, 0.2) is 11.5 Å². The summed E-state index contributed by atoms with van der Waals surface area (Å²) in [6.07, 6.45) is 1.64. The van der Waals surface area contributed by atoms with Gasteiger partial charge in [-0.3, -0.25) is 24.6 Å². The lowest BCUT2D eigenvalue weighted by Gasteiger charge is -2.13. The van der Waals surface area contributed by atoms with Crippen molar-refractivity contribution in [3.63, 3.8) is 0 Å². The summed E-state index contributed by atoms with van der Waals surface area (Å²) in [5, 5.41) is 10.6. The summed E-state index contributed by atoms with van der Waals surface area (Å²) < 4.78 is 12.1. The van der Waals surface area contributed by atoms with Gasteiger partial charge in [0, 0.05) is 16.6 Å². The van der Waals surface area contributed by atoms with Crippen LogP contribution >= 0.6 is 27.7 Å². The molecule has 10 heteroatoms. The van der Waals surface area contributed by atoms with Gasteiger partial charge in [-0.2, -0.15) is 0 Å². The Balaban J connectivity index is 1.49. The van der Waals surface area contributed by atoms with Crippen molar-refractivity contribution in [1.82, 2.24) is 4.90 Å². The molecule has 1 saturated heterocycles. The average Bonchev–Trinajstić information content (AvgIpc) is 3.11. The van der Waals surface area contributed by atoms with Crippen LogP contribution in [0.3, 0.4) is 0 Å². The number of nitrogens with zero attached hydrogens (tertiary/aromatic N) is 2. The SMILES string of the molecule is COc1cc(/C=C2\SC(=O)N(Cc3ccccc3Br)C2=O)ccc1OCc1cccc([N+](=O)[O-])c1. The molecule has 3 aromatic carbocycles. The van der Waals surface area contributed by atoms with E-state index in [2.05, 4.69) is 15.9 Å². The Morgan fingerprint density at radius 1 is 1.06 bits per heavy atom. The van der Waals surface area contributed by atoms with Crippen LogP contribution in [0.5, 0.6) is 11.5 Å². The Bertz CT molecular complexity index is 1340. The normalized spacial score (nSPS) is 14.5. The van der Waals surface area contributed by atoms with Crippen LogP contribution in [0.15, 0.2) is 76.1 Å². The molecule has 0 atom stereocenters. The van der Waals surface area contributed by atoms with Crippen LogP contribution in [0.1, 0.15) is 16.7 Å². The average molecular weight is 555 g/mol. The van der Waals surface area contributed by atoms with Gasteiger partial charge in [0.2, 0.25) is 0 Å². The number of amides is 2. The van der Waals surface area contributed by atoms with Crippen molar-refractivity contribution in [2.75, 3.05) is 7.11 Å². The van der Waals surface area contributed by atoms with Gasteiger partial charge in [-0.1, -0.05) is 52.3 Å². The van der Waals surface area contributed by atoms with Crippen LogP contribution < -0.4 is 9.47 Å². The zero-order valence-corrected chi connectivity index (χ0v) is 20.9. The molecular formula is C25H19BrN2O6S. The van der Waals surface area contributed by atoms with E-state index >= 15 is 0 Å². The lowest BCUT2D eigenvalue weighted by molar-refractivity contribution is -0.384. The molecule has 1 aliphatic heterocycles. The third kappa shape index (κ3) is 5.72. The van der Waals surface area contributed by atoms with Gasteiger partial charge in [-0.05, 0) is 52.7 Å². The van der Waals surface area contributed by atoms with Crippen LogP contribution in [0.4, 0.5) is 10.5 Å². The van der Waals surface area contributed by atoms with Gasteiger partial charge in [0.05, 0.1) is 23.5 Å². The first-order valence-electron chi connectivity index (χ1n) is 10.4. The van der Waals surface area contributed by atoms with Gasteiger partial charge in [-0.15, -0.1) is 0 Å². The highest BCUT2D eigenvalue weighted by Gasteiger charge is 2.35. The van der Waals surface area contributed by atoms with Crippen molar-refractivity contribution in [3.8, 4) is 11.5 Å². The second-order valence-electron chi connectivity index (χ2n) is 7.49. The van der Waals surface area contributed by atoms with Gasteiger partial charge in [0.25, 0.3) is 16.8 Å². The highest BCUT2D eigenvalue weighted by Crippen LogP contribution is 2.36. The number of nitro benzene ring substituents is 1. The van der Waals surface area contributed by atoms with Gasteiger partial charge >= 0.3 is 0 Å². The molecule has 0 aromatic heterocycles. The van der Waals surface area contributed by atoms with E-state index in [0.717, 1.165) is 21.8 Å². The molecule has 35 heavy (non-hydrogen) atoms. The predicted octanol–water partition coefficient (Wildman–Crippen LogP) is 6.18. The minimum Gasteiger partial charge on any atom is -0.493 e. The third-order valence-corrected chi connectivity index (χ3v) is 6.84. The number of methoxy groups -OCH3 is 1. The van der Waals surface area contributed by atoms with E-state index in [4.69, 9.17) is 9.47 Å². The number of hydrogen-bond acceptors (Lipinski definition) is 7. The van der Waals surface area contributed by atoms with Crippen molar-refractivity contribution in [1.29, 1.82) is 0 Å². The minimum atomic E-state index is -0.459. The molecule has 178 valence electrons. The Labute approximate surface area is 213 Å². The lowest BCUT2D eigenvalue weighted by Crippen LogP contribution is -2.27. The highest BCUT2D eigenvalue weighted by molar-refractivity contribution is 9.10. The largest absolute Gasteiger partial charge is 0.493 e. The Hall–Kier alpha value is -3.63. The number of non-ortho nitro benzene ring substituents is 1. The number of halogens is 1. The summed E-state index contributed by atoms with van der Waals surface area (Å²) in [5.41, 5.74) is 2.13. The summed E-state index contributed by atoms with van der Waals surface area (Å²) in [4.78, 5) is 37.4. The van der Waals surface area contributed by atoms with E-state index in [9.17, 15) is 19.7 Å². The molecule has 3 aromatic rings. The molecule has 1 heterocycles. The molecule has 0 unspecified atom stereocenters. The summed E-state index contributed by atoms with van der Waals surface area (Å²) in [5.74, 6) is 0.510. The molecule has 0 bridgehead atoms. The number of benzene rings is 3. The maximum absolute atomic E-state index is 12.9. The number of ether oxygens (including phenoxy) is 2. The van der Waals surface area contributed by atoms with Crippen molar-refractivity contribution >= 4 is 50.6 Å². The molecule has 0 spiro atoms. The molecule has 4 rings (SSSR count). The first kappa shape index (κ1) is 24.5. The molecule has 2 amide bonds. The maximum Gasteiger partial charge on any atom is 0.293 e. The van der Waals surface area contributed by atoms with E-state index in [-0.39, 0.29) is 30.0 Å². The quantitative estimate of drug-likeness (QED) is 0.186. The van der Waals surface area contributed by atoms with Crippen molar-refractivity contribution in [2.45, 2.75) is 13.2 Å². The highest BCUT2D eigenvalue weighted by atomic mass is 79.9. The molecule has 0 aliphatic carbocycles. The summed E-state index contributed by atoms with van der Waals surface area (Å²) in [7, 11) is 1.49. The fourth-order valence-electron chi connectivity index (χ4n) is 3.40. The van der Waals surface area contributed by atoms with Crippen LogP contribution in [0.2, 0.25) is 0 Å². The first-order valence-corrected chi connectivity index (χ1v) is 12.0. The number of thioether (sulfide) groups is 1. The second-order valence-corrected chi connectivity index (χ2v) is 9.33. The molecule has 1 aliphatic rings. The Morgan fingerprint density at radius 3 is 2.60 bits per heavy atom. The molecule has 1 fully saturated rings. The molecule has 0 saturated carbocycles. The summed E-state index contributed by atoms with van der Waals surface area (Å²) in [6.45, 7) is 0.294. The number of rotatable bonds is 8. The minimum absolute atomic E-state index is 0.0121. The zero-order valence-electron chi connectivity index (χ0n) is 18.5. The Kier molecular flexibility index (Phi) is 7.52. The molecule has 0 radical (unpaired) electrons. The standard InChI is InChI=1S/C25H19BrN2O6S/c1-33-22-12-16(9-10-21(22)34-15-17-5-4-7-19(11-17)28(31)32)13-23-24(29)27(25(30)35-23)14-18-6-2-3-8-20(18)26/h2-13H,14-15H2,1H3/b23-13-. The second kappa shape index (κ2) is 10.7. The van der Waals surface area contributed by atoms with E-state index in [0.29, 0.717) is 27.5 Å². The number of nitro groups is 1. The topological polar surface area (TPSA) is 99.0 Å². The Morgan fingerprint density at radius 2 is 1.86 bits per heavy atom. The van der Waals surface area contributed by atoms with Crippen molar-refractivity contribution in [2.24, 2.45) is 0 Å². The van der Waals surface area contributed by atoms with E-state index in [1.165, 1.54) is 24.1 Å². The lowest BCUT2D eigenvalue weighted by atomic mass is 10.1. The fraction of sp³-hybridized carbons (Fsp3) is 0.120. The van der Waals surface area contributed by atoms with E-state index in [1.807, 2.05) is 24.3 Å². The maximum atomic E-state index is 12.9. The van der Waals surface area contributed by atoms with Crippen molar-refractivity contribution < 1.29 is 24.0 Å². The smallest absolute Gasteiger partial charge is 0.293 e. The van der Waals surface area contributed by atoms with Gasteiger partial charge in [-0.25, -0.2) is 0 Å². The van der Waals surface area contributed by atoms with Gasteiger partial charge in [0.1, 0.15) is 6.61 Å². The molecular weight excluding hydrogens is 536 g/mol. The number of hydrogen-bond donors (Lipinski definition) is 0. The van der Waals surface area contributed by atoms with Crippen LogP contribution in [-0.2, 0) is 17.9 Å². The van der Waals surface area contributed by atoms with Crippen LogP contribution in [-0.4, -0.2) is 28.1 Å². The number of carbonyl (C=O) groups is 2. The predicted molar refractivity (Wildman–Crippen MR) is 136 cm³/mol. The van der Waals surface area contributed by atoms with Crippen LogP contribution in [0.25, 0.3) is 6.08 Å². The van der Waals surface area contributed by atoms with E-state index < -0.39 is 4.92 Å². The zero-order chi connectivity index (χ0) is 24.9. The summed E-state index contributed by atoms with van der Waals surface area (Å²) in [6, 6.07) is 18.8. The summed E-state index contributed by atoms with van der Waals surface area (Å²) >= 11 is 4.33. The van der Waals surface area contributed by atoms with E-state index in [1.54, 1.807) is 36.4 Å². The van der Waals surface area contributed by atoms with Crippen LogP contribution in [0, 0.1) is 10.1 Å². The first-order chi connectivity index (χ1) is 16.9.